The summed E-state index contributed by atoms with van der Waals surface area (Å²) in [7, 11) is 0. The maximum absolute atomic E-state index is 13.5. The molecule has 1 aromatic rings. The highest BCUT2D eigenvalue weighted by molar-refractivity contribution is 9.11. The third-order valence-corrected chi connectivity index (χ3v) is 6.15. The maximum Gasteiger partial charge on any atom is 0.407 e. The quantitative estimate of drug-likeness (QED) is 0.388. The van der Waals surface area contributed by atoms with Crippen LogP contribution in [0.4, 0.5) is 14.9 Å². The highest BCUT2D eigenvalue weighted by atomic mass is 79.9. The molecule has 0 aromatic heterocycles. The fourth-order valence-corrected chi connectivity index (χ4v) is 4.76. The Bertz CT molecular complexity index is 794. The molecule has 0 aliphatic carbocycles. The molecule has 1 heterocycles. The van der Waals surface area contributed by atoms with Gasteiger partial charge in [0.25, 0.3) is 0 Å². The molecular weight excluding hydrogens is 495 g/mol. The van der Waals surface area contributed by atoms with Gasteiger partial charge in [-0.1, -0.05) is 20.8 Å². The summed E-state index contributed by atoms with van der Waals surface area (Å²) in [6.07, 6.45) is 0.420. The lowest BCUT2D eigenvalue weighted by Crippen LogP contribution is -2.52. The molecule has 0 radical (unpaired) electrons. The molecule has 6 nitrogen and oxygen atoms in total. The normalized spacial score (nSPS) is 20.6. The summed E-state index contributed by atoms with van der Waals surface area (Å²) >= 11 is 6.61. The molecule has 0 spiro atoms. The average Bonchev–Trinajstić information content (AvgIpc) is 2.58. The summed E-state index contributed by atoms with van der Waals surface area (Å²) in [6, 6.07) is 4.63. The number of carbonyl (C=O) groups is 1. The number of nitrogens with one attached hydrogen (secondary N) is 1. The number of likely N-dealkylation sites (tertiary alicyclic amines) is 1. The van der Waals surface area contributed by atoms with Crippen LogP contribution >= 0.6 is 31.9 Å². The minimum absolute atomic E-state index is 0.00928. The minimum Gasteiger partial charge on any atom is -0.465 e. The van der Waals surface area contributed by atoms with Crippen LogP contribution in [0.3, 0.4) is 0 Å². The first-order valence-corrected chi connectivity index (χ1v) is 10.5. The van der Waals surface area contributed by atoms with Crippen molar-refractivity contribution in [2.75, 3.05) is 12.0 Å². The standard InChI is InChI=1S/C19H23Br2FN4O2/c1-19(2,3)16-8-11(5-7-26(16)18(27)28)15(4-6-23)24-25-17-13(20)9-12(22)10-14(17)21/h9-11,16,25H,4-5,7-8H2,1-3H3,(H,27,28). The fraction of sp³-hybridized carbons (Fsp3) is 0.526. The summed E-state index contributed by atoms with van der Waals surface area (Å²) in [6.45, 7) is 6.45. The number of nitrogens with zero attached hydrogens (tertiary/aromatic N) is 3. The zero-order chi connectivity index (χ0) is 21.1. The first-order chi connectivity index (χ1) is 13.0. The number of piperidine rings is 1. The third-order valence-electron chi connectivity index (χ3n) is 4.90. The molecule has 152 valence electrons. The molecule has 28 heavy (non-hydrogen) atoms. The van der Waals surface area contributed by atoms with Gasteiger partial charge < -0.3 is 10.0 Å². The van der Waals surface area contributed by atoms with E-state index in [1.165, 1.54) is 17.0 Å². The van der Waals surface area contributed by atoms with Gasteiger partial charge in [0.15, 0.2) is 0 Å². The van der Waals surface area contributed by atoms with Gasteiger partial charge in [-0.15, -0.1) is 0 Å². The van der Waals surface area contributed by atoms with E-state index in [9.17, 15) is 19.6 Å². The number of hydrogen-bond acceptors (Lipinski definition) is 4. The topological polar surface area (TPSA) is 88.7 Å². The summed E-state index contributed by atoms with van der Waals surface area (Å²) in [5.41, 5.74) is 3.93. The molecular formula is C19H23Br2FN4O2. The molecule has 1 aliphatic rings. The molecule has 2 rings (SSSR count). The number of nitriles is 1. The zero-order valence-electron chi connectivity index (χ0n) is 16.0. The molecule has 1 aromatic carbocycles. The number of amides is 1. The second kappa shape index (κ2) is 9.23. The SMILES string of the molecule is CC(C)(C)C1CC(C(CC#N)=NNc2c(Br)cc(F)cc2Br)CCN1C(=O)O. The number of anilines is 1. The lowest BCUT2D eigenvalue weighted by atomic mass is 9.75. The van der Waals surface area contributed by atoms with E-state index in [2.05, 4.69) is 48.5 Å². The second-order valence-electron chi connectivity index (χ2n) is 7.87. The Morgan fingerprint density at radius 1 is 1.43 bits per heavy atom. The van der Waals surface area contributed by atoms with Crippen LogP contribution in [-0.4, -0.2) is 34.4 Å². The van der Waals surface area contributed by atoms with Crippen molar-refractivity contribution in [1.82, 2.24) is 4.90 Å². The van der Waals surface area contributed by atoms with Crippen LogP contribution in [0, 0.1) is 28.5 Å². The third kappa shape index (κ3) is 5.45. The number of hydrogen-bond donors (Lipinski definition) is 2. The van der Waals surface area contributed by atoms with E-state index in [0.29, 0.717) is 39.7 Å². The van der Waals surface area contributed by atoms with Gasteiger partial charge in [-0.2, -0.15) is 10.4 Å². The van der Waals surface area contributed by atoms with Crippen molar-refractivity contribution in [1.29, 1.82) is 5.26 Å². The smallest absolute Gasteiger partial charge is 0.407 e. The van der Waals surface area contributed by atoms with Gasteiger partial charge in [0.05, 0.1) is 23.9 Å². The number of benzene rings is 1. The van der Waals surface area contributed by atoms with Crippen LogP contribution in [0.25, 0.3) is 0 Å². The van der Waals surface area contributed by atoms with E-state index in [1.54, 1.807) is 0 Å². The van der Waals surface area contributed by atoms with Crippen LogP contribution in [0.5, 0.6) is 0 Å². The van der Waals surface area contributed by atoms with Crippen LogP contribution < -0.4 is 5.43 Å². The predicted octanol–water partition coefficient (Wildman–Crippen LogP) is 5.84. The number of halogens is 3. The fourth-order valence-electron chi connectivity index (χ4n) is 3.45. The van der Waals surface area contributed by atoms with Crippen LogP contribution in [0.2, 0.25) is 0 Å². The highest BCUT2D eigenvalue weighted by Gasteiger charge is 2.40. The summed E-state index contributed by atoms with van der Waals surface area (Å²) in [4.78, 5) is 13.1. The van der Waals surface area contributed by atoms with E-state index >= 15 is 0 Å². The second-order valence-corrected chi connectivity index (χ2v) is 9.58. The van der Waals surface area contributed by atoms with E-state index in [0.717, 1.165) is 0 Å². The monoisotopic (exact) mass is 516 g/mol. The van der Waals surface area contributed by atoms with E-state index < -0.39 is 6.09 Å². The van der Waals surface area contributed by atoms with Gasteiger partial charge in [0.2, 0.25) is 0 Å². The van der Waals surface area contributed by atoms with E-state index in [-0.39, 0.29) is 29.6 Å². The Morgan fingerprint density at radius 2 is 2.04 bits per heavy atom. The number of hydrazone groups is 1. The van der Waals surface area contributed by atoms with Crippen molar-refractivity contribution < 1.29 is 14.3 Å². The Hall–Kier alpha value is -1.66. The zero-order valence-corrected chi connectivity index (χ0v) is 19.1. The Morgan fingerprint density at radius 3 is 2.54 bits per heavy atom. The Balaban J connectivity index is 2.27. The van der Waals surface area contributed by atoms with Gasteiger partial charge in [-0.3, -0.25) is 5.43 Å². The summed E-state index contributed by atoms with van der Waals surface area (Å²) in [5.74, 6) is -0.399. The van der Waals surface area contributed by atoms with Crippen molar-refractivity contribution in [2.24, 2.45) is 16.4 Å². The molecule has 0 saturated carbocycles. The van der Waals surface area contributed by atoms with Crippen molar-refractivity contribution in [2.45, 2.75) is 46.1 Å². The van der Waals surface area contributed by atoms with Gasteiger partial charge in [0.1, 0.15) is 5.82 Å². The van der Waals surface area contributed by atoms with Crippen molar-refractivity contribution in [3.63, 3.8) is 0 Å². The molecule has 1 amide bonds. The molecule has 1 fully saturated rings. The van der Waals surface area contributed by atoms with Crippen molar-refractivity contribution >= 4 is 49.4 Å². The number of carboxylic acid groups (broad SMARTS) is 1. The van der Waals surface area contributed by atoms with E-state index in [1.807, 2.05) is 20.8 Å². The predicted molar refractivity (Wildman–Crippen MR) is 114 cm³/mol. The average molecular weight is 518 g/mol. The molecule has 1 aliphatic heterocycles. The lowest BCUT2D eigenvalue weighted by Gasteiger charge is -2.44. The molecule has 2 atom stereocenters. The summed E-state index contributed by atoms with van der Waals surface area (Å²) < 4.78 is 14.5. The molecule has 1 saturated heterocycles. The molecule has 2 unspecified atom stereocenters. The molecule has 0 bridgehead atoms. The first kappa shape index (κ1) is 22.6. The summed E-state index contributed by atoms with van der Waals surface area (Å²) in [5, 5.41) is 23.2. The number of rotatable bonds is 4. The lowest BCUT2D eigenvalue weighted by molar-refractivity contribution is 0.0507. The highest BCUT2D eigenvalue weighted by Crippen LogP contribution is 2.36. The maximum atomic E-state index is 13.5. The Kier molecular flexibility index (Phi) is 7.46. The van der Waals surface area contributed by atoms with Gasteiger partial charge in [-0.25, -0.2) is 9.18 Å². The van der Waals surface area contributed by atoms with Gasteiger partial charge >= 0.3 is 6.09 Å². The molecule has 9 heteroatoms. The largest absolute Gasteiger partial charge is 0.465 e. The van der Waals surface area contributed by atoms with Crippen LogP contribution in [-0.2, 0) is 0 Å². The first-order valence-electron chi connectivity index (χ1n) is 8.88. The minimum atomic E-state index is -0.922. The van der Waals surface area contributed by atoms with Crippen molar-refractivity contribution in [3.05, 3.63) is 26.9 Å². The van der Waals surface area contributed by atoms with Crippen molar-refractivity contribution in [3.8, 4) is 6.07 Å². The van der Waals surface area contributed by atoms with Crippen LogP contribution in [0.15, 0.2) is 26.2 Å². The van der Waals surface area contributed by atoms with Gasteiger partial charge in [0, 0.05) is 27.4 Å². The van der Waals surface area contributed by atoms with E-state index in [4.69, 9.17) is 0 Å². The Labute approximate surface area is 181 Å². The van der Waals surface area contributed by atoms with Crippen LogP contribution in [0.1, 0.15) is 40.0 Å². The van der Waals surface area contributed by atoms with Gasteiger partial charge in [-0.05, 0) is 62.2 Å². The molecule has 2 N–H and O–H groups in total.